The second kappa shape index (κ2) is 8.02. The highest BCUT2D eigenvalue weighted by atomic mass is 16.3. The molecule has 4 aromatic rings. The van der Waals surface area contributed by atoms with Gasteiger partial charge < -0.3 is 14.2 Å². The molecule has 0 N–H and O–H groups in total. The van der Waals surface area contributed by atoms with E-state index < -0.39 is 0 Å². The summed E-state index contributed by atoms with van der Waals surface area (Å²) in [4.78, 5) is 26.5. The molecule has 0 unspecified atom stereocenters. The molecule has 3 aromatic heterocycles. The van der Waals surface area contributed by atoms with Crippen molar-refractivity contribution < 1.29 is 9.21 Å². The number of aromatic nitrogens is 4. The van der Waals surface area contributed by atoms with Crippen molar-refractivity contribution in [2.75, 3.05) is 31.1 Å². The Kier molecular flexibility index (Phi) is 5.05. The molecule has 160 valence electrons. The van der Waals surface area contributed by atoms with E-state index in [2.05, 4.69) is 26.9 Å². The van der Waals surface area contributed by atoms with Crippen LogP contribution in [0.3, 0.4) is 0 Å². The van der Waals surface area contributed by atoms with E-state index in [0.29, 0.717) is 26.2 Å². The molecule has 1 amide bonds. The fraction of sp³-hybridized carbons (Fsp3) is 0.391. The van der Waals surface area contributed by atoms with Crippen LogP contribution in [0.1, 0.15) is 35.9 Å². The molecule has 1 aliphatic rings. The second-order valence-corrected chi connectivity index (χ2v) is 7.98. The number of benzene rings is 1. The molecule has 1 aromatic carbocycles. The highest BCUT2D eigenvalue weighted by Crippen LogP contribution is 2.29. The van der Waals surface area contributed by atoms with Crippen LogP contribution in [-0.2, 0) is 13.5 Å². The first-order valence-corrected chi connectivity index (χ1v) is 10.8. The van der Waals surface area contributed by atoms with Gasteiger partial charge in [-0.15, -0.1) is 0 Å². The van der Waals surface area contributed by atoms with Crippen molar-refractivity contribution in [1.29, 1.82) is 0 Å². The number of hydrogen-bond acceptors (Lipinski definition) is 6. The summed E-state index contributed by atoms with van der Waals surface area (Å²) in [6, 6.07) is 7.83. The van der Waals surface area contributed by atoms with Crippen LogP contribution in [0.4, 0.5) is 5.82 Å². The number of aryl methyl sites for hydroxylation is 2. The van der Waals surface area contributed by atoms with Gasteiger partial charge in [0.05, 0.1) is 17.1 Å². The van der Waals surface area contributed by atoms with E-state index in [1.807, 2.05) is 36.2 Å². The SMILES string of the molecule is CCCCc1oc2ccccc2c1C(=O)N1CCN(c2ncnc3c2cnn3C)CC1. The van der Waals surface area contributed by atoms with Crippen molar-refractivity contribution in [3.8, 4) is 0 Å². The summed E-state index contributed by atoms with van der Waals surface area (Å²) in [5.74, 6) is 1.75. The molecule has 8 nitrogen and oxygen atoms in total. The van der Waals surface area contributed by atoms with Crippen molar-refractivity contribution >= 4 is 33.7 Å². The number of anilines is 1. The summed E-state index contributed by atoms with van der Waals surface area (Å²) in [5.41, 5.74) is 2.33. The predicted octanol–water partition coefficient (Wildman–Crippen LogP) is 3.41. The third kappa shape index (κ3) is 3.41. The molecule has 4 heterocycles. The van der Waals surface area contributed by atoms with Gasteiger partial charge in [0.1, 0.15) is 23.5 Å². The molecule has 1 saturated heterocycles. The van der Waals surface area contributed by atoms with Gasteiger partial charge in [0.15, 0.2) is 5.65 Å². The van der Waals surface area contributed by atoms with Gasteiger partial charge in [-0.05, 0) is 12.5 Å². The van der Waals surface area contributed by atoms with Crippen LogP contribution in [0.25, 0.3) is 22.0 Å². The van der Waals surface area contributed by atoms with E-state index >= 15 is 0 Å². The molecular weight excluding hydrogens is 392 g/mol. The average molecular weight is 419 g/mol. The number of fused-ring (bicyclic) bond motifs is 2. The van der Waals surface area contributed by atoms with Crippen LogP contribution in [0, 0.1) is 0 Å². The molecule has 0 aliphatic carbocycles. The molecule has 0 saturated carbocycles. The van der Waals surface area contributed by atoms with E-state index in [1.165, 1.54) is 0 Å². The van der Waals surface area contributed by atoms with Gasteiger partial charge in [0.2, 0.25) is 0 Å². The number of piperazine rings is 1. The van der Waals surface area contributed by atoms with E-state index in [0.717, 1.165) is 58.4 Å². The molecule has 1 aliphatic heterocycles. The Labute approximate surface area is 180 Å². The van der Waals surface area contributed by atoms with Crippen LogP contribution in [0.15, 0.2) is 41.2 Å². The molecule has 0 radical (unpaired) electrons. The van der Waals surface area contributed by atoms with E-state index in [4.69, 9.17) is 4.42 Å². The highest BCUT2D eigenvalue weighted by Gasteiger charge is 2.28. The maximum absolute atomic E-state index is 13.5. The zero-order chi connectivity index (χ0) is 21.4. The van der Waals surface area contributed by atoms with Crippen LogP contribution in [0.5, 0.6) is 0 Å². The third-order valence-corrected chi connectivity index (χ3v) is 6.01. The summed E-state index contributed by atoms with van der Waals surface area (Å²) < 4.78 is 7.82. The van der Waals surface area contributed by atoms with E-state index in [-0.39, 0.29) is 5.91 Å². The number of carbonyl (C=O) groups excluding carboxylic acids is 1. The number of unbranched alkanes of at least 4 members (excludes halogenated alkanes) is 1. The Bertz CT molecular complexity index is 1240. The Morgan fingerprint density at radius 3 is 2.71 bits per heavy atom. The number of amides is 1. The van der Waals surface area contributed by atoms with Crippen LogP contribution in [-0.4, -0.2) is 56.7 Å². The minimum absolute atomic E-state index is 0.0601. The average Bonchev–Trinajstić information content (AvgIpc) is 3.37. The summed E-state index contributed by atoms with van der Waals surface area (Å²) in [5, 5.41) is 6.15. The maximum Gasteiger partial charge on any atom is 0.258 e. The van der Waals surface area contributed by atoms with Gasteiger partial charge in [-0.2, -0.15) is 5.10 Å². The highest BCUT2D eigenvalue weighted by molar-refractivity contribution is 6.07. The van der Waals surface area contributed by atoms with Crippen molar-refractivity contribution in [2.24, 2.45) is 7.05 Å². The van der Waals surface area contributed by atoms with Crippen molar-refractivity contribution in [3.05, 3.63) is 48.1 Å². The Morgan fingerprint density at radius 2 is 1.90 bits per heavy atom. The number of rotatable bonds is 5. The second-order valence-electron chi connectivity index (χ2n) is 7.98. The van der Waals surface area contributed by atoms with E-state index in [1.54, 1.807) is 17.2 Å². The summed E-state index contributed by atoms with van der Waals surface area (Å²) in [6.45, 7) is 4.85. The van der Waals surface area contributed by atoms with Crippen molar-refractivity contribution in [1.82, 2.24) is 24.6 Å². The largest absolute Gasteiger partial charge is 0.460 e. The monoisotopic (exact) mass is 418 g/mol. The Morgan fingerprint density at radius 1 is 1.10 bits per heavy atom. The topological polar surface area (TPSA) is 80.3 Å². The van der Waals surface area contributed by atoms with Crippen LogP contribution < -0.4 is 4.90 Å². The summed E-state index contributed by atoms with van der Waals surface area (Å²) in [6.07, 6.45) is 6.23. The quantitative estimate of drug-likeness (QED) is 0.494. The smallest absolute Gasteiger partial charge is 0.258 e. The van der Waals surface area contributed by atoms with E-state index in [9.17, 15) is 4.79 Å². The summed E-state index contributed by atoms with van der Waals surface area (Å²) in [7, 11) is 1.88. The number of hydrogen-bond donors (Lipinski definition) is 0. The maximum atomic E-state index is 13.5. The number of nitrogens with zero attached hydrogens (tertiary/aromatic N) is 6. The van der Waals surface area contributed by atoms with Gasteiger partial charge in [0.25, 0.3) is 5.91 Å². The van der Waals surface area contributed by atoms with Gasteiger partial charge in [-0.1, -0.05) is 31.5 Å². The first kappa shape index (κ1) is 19.5. The molecule has 0 spiro atoms. The lowest BCUT2D eigenvalue weighted by Gasteiger charge is -2.35. The first-order chi connectivity index (χ1) is 15.2. The van der Waals surface area contributed by atoms with Gasteiger partial charge in [-0.3, -0.25) is 9.48 Å². The lowest BCUT2D eigenvalue weighted by Crippen LogP contribution is -2.49. The molecule has 0 bridgehead atoms. The Balaban J connectivity index is 1.38. The lowest BCUT2D eigenvalue weighted by atomic mass is 10.1. The molecule has 0 atom stereocenters. The van der Waals surface area contributed by atoms with Gasteiger partial charge in [-0.25, -0.2) is 9.97 Å². The van der Waals surface area contributed by atoms with Crippen LogP contribution in [0.2, 0.25) is 0 Å². The summed E-state index contributed by atoms with van der Waals surface area (Å²) >= 11 is 0. The fourth-order valence-corrected chi connectivity index (χ4v) is 4.33. The molecule has 1 fully saturated rings. The van der Waals surface area contributed by atoms with Crippen molar-refractivity contribution in [2.45, 2.75) is 26.2 Å². The molecule has 31 heavy (non-hydrogen) atoms. The fourth-order valence-electron chi connectivity index (χ4n) is 4.33. The third-order valence-electron chi connectivity index (χ3n) is 6.01. The number of furan rings is 1. The zero-order valence-corrected chi connectivity index (χ0v) is 17.9. The van der Waals surface area contributed by atoms with Crippen LogP contribution >= 0.6 is 0 Å². The predicted molar refractivity (Wildman–Crippen MR) is 119 cm³/mol. The number of para-hydroxylation sites is 1. The standard InChI is InChI=1S/C23H26N6O2/c1-3-4-8-19-20(16-7-5-6-9-18(16)31-19)23(30)29-12-10-28(11-13-29)22-17-14-26-27(2)21(17)24-15-25-22/h5-7,9,14-15H,3-4,8,10-13H2,1-2H3. The lowest BCUT2D eigenvalue weighted by molar-refractivity contribution is 0.0746. The molecule has 5 rings (SSSR count). The molecule has 8 heteroatoms. The minimum Gasteiger partial charge on any atom is -0.460 e. The van der Waals surface area contributed by atoms with Gasteiger partial charge >= 0.3 is 0 Å². The normalized spacial score (nSPS) is 14.6. The first-order valence-electron chi connectivity index (χ1n) is 10.8. The van der Waals surface area contributed by atoms with Crippen molar-refractivity contribution in [3.63, 3.8) is 0 Å². The minimum atomic E-state index is 0.0601. The number of carbonyl (C=O) groups is 1. The Hall–Kier alpha value is -3.42. The van der Waals surface area contributed by atoms with Gasteiger partial charge in [0, 0.05) is 45.0 Å². The zero-order valence-electron chi connectivity index (χ0n) is 17.9. The molecular formula is C23H26N6O2.